The minimum absolute atomic E-state index is 0.00882. The summed E-state index contributed by atoms with van der Waals surface area (Å²) in [6.07, 6.45) is 4.97. The Hall–Kier alpha value is -3.27. The van der Waals surface area contributed by atoms with Gasteiger partial charge < -0.3 is 23.2 Å². The molecule has 230 valence electrons. The van der Waals surface area contributed by atoms with Gasteiger partial charge in [0.1, 0.15) is 17.3 Å². The number of Topliss-reactive ketones (excluding diaryl/α,β-unsaturated/α-hetero) is 1. The third kappa shape index (κ3) is 6.70. The van der Waals surface area contributed by atoms with Gasteiger partial charge in [0.2, 0.25) is 9.03 Å². The maximum absolute atomic E-state index is 13.7. The lowest BCUT2D eigenvalue weighted by Crippen LogP contribution is -2.06. The van der Waals surface area contributed by atoms with Crippen molar-refractivity contribution in [2.75, 3.05) is 7.11 Å². The van der Waals surface area contributed by atoms with Crippen LogP contribution in [0, 0.1) is 11.8 Å². The van der Waals surface area contributed by atoms with E-state index in [1.807, 2.05) is 80.6 Å². The second-order valence-corrected chi connectivity index (χ2v) is 12.8. The lowest BCUT2D eigenvalue weighted by atomic mass is 9.87. The van der Waals surface area contributed by atoms with Gasteiger partial charge in [-0.15, -0.1) is 0 Å². The maximum atomic E-state index is 13.7. The summed E-state index contributed by atoms with van der Waals surface area (Å²) in [7, 11) is 0.885. The number of ketones is 1. The van der Waals surface area contributed by atoms with Gasteiger partial charge in [-0.2, -0.15) is 0 Å². The highest BCUT2D eigenvalue weighted by Crippen LogP contribution is 2.52. The van der Waals surface area contributed by atoms with Crippen molar-refractivity contribution in [3.8, 4) is 22.6 Å². The van der Waals surface area contributed by atoms with Crippen molar-refractivity contribution in [2.45, 2.75) is 53.6 Å². The zero-order valence-electron chi connectivity index (χ0n) is 26.1. The van der Waals surface area contributed by atoms with Crippen LogP contribution >= 0.6 is 18.1 Å². The summed E-state index contributed by atoms with van der Waals surface area (Å²) < 4.78 is 24.5. The predicted octanol–water partition coefficient (Wildman–Crippen LogP) is 10.2. The Bertz CT molecular complexity index is 1740. The van der Waals surface area contributed by atoms with E-state index in [0.717, 1.165) is 56.8 Å². The standard InChI is InChI=1S/C36H40O6P2/c1-7-12-27(21(2)3)23(5)40-44-42-35-30(22(4)37)19-25-13-8-10-15-28(25)32(35)33-29-16-11-9-14-26(29)20-31(34(38)24-17-18-24)36(33)41-43-39-6/h7-16,19-22,24,37,43-44H,17-18H2,1-6H3/b12-7-,27-23-. The summed E-state index contributed by atoms with van der Waals surface area (Å²) in [5.41, 5.74) is 3.73. The molecule has 0 saturated heterocycles. The van der Waals surface area contributed by atoms with Gasteiger partial charge in [-0.25, -0.2) is 0 Å². The first-order valence-corrected chi connectivity index (χ1v) is 16.6. The normalized spacial score (nSPS) is 15.3. The van der Waals surface area contributed by atoms with Crippen LogP contribution in [0.5, 0.6) is 11.5 Å². The molecule has 8 heteroatoms. The van der Waals surface area contributed by atoms with E-state index < -0.39 is 6.10 Å². The Balaban J connectivity index is 1.80. The second kappa shape index (κ2) is 14.2. The van der Waals surface area contributed by atoms with Crippen molar-refractivity contribution in [1.82, 2.24) is 0 Å². The van der Waals surface area contributed by atoms with E-state index in [-0.39, 0.29) is 35.7 Å². The topological polar surface area (TPSA) is 74.2 Å². The number of aliphatic hydroxyl groups excluding tert-OH is 1. The number of carbonyl (C=O) groups is 1. The van der Waals surface area contributed by atoms with Crippen molar-refractivity contribution in [1.29, 1.82) is 0 Å². The molecule has 0 radical (unpaired) electrons. The molecule has 0 bridgehead atoms. The second-order valence-electron chi connectivity index (χ2n) is 11.4. The highest BCUT2D eigenvalue weighted by molar-refractivity contribution is 7.27. The van der Waals surface area contributed by atoms with Gasteiger partial charge in [0.15, 0.2) is 5.78 Å². The summed E-state index contributed by atoms with van der Waals surface area (Å²) in [4.78, 5) is 13.7. The molecule has 0 aromatic heterocycles. The third-order valence-corrected chi connectivity index (χ3v) is 9.02. The van der Waals surface area contributed by atoms with E-state index in [9.17, 15) is 9.90 Å². The molecule has 1 fully saturated rings. The van der Waals surface area contributed by atoms with E-state index in [0.29, 0.717) is 22.6 Å². The SMILES string of the molecule is C/C=C\C(=C(/C)OPOc1c(C(C)O)cc2ccccc2c1-c1c(OPOC)c(C(=O)C2CC2)cc2ccccc12)C(C)C. The molecule has 0 amide bonds. The Kier molecular flexibility index (Phi) is 10.4. The average Bonchev–Trinajstić information content (AvgIpc) is 3.87. The molecule has 1 saturated carbocycles. The Labute approximate surface area is 263 Å². The number of hydrogen-bond donors (Lipinski definition) is 1. The molecular formula is C36H40O6P2. The number of aliphatic hydroxyl groups is 1. The number of allylic oxidation sites excluding steroid dienone is 4. The van der Waals surface area contributed by atoms with E-state index in [2.05, 4.69) is 19.9 Å². The van der Waals surface area contributed by atoms with Crippen LogP contribution in [0.25, 0.3) is 32.7 Å². The number of rotatable bonds is 13. The molecular weight excluding hydrogens is 590 g/mol. The Morgan fingerprint density at radius 3 is 2.07 bits per heavy atom. The summed E-state index contributed by atoms with van der Waals surface area (Å²) >= 11 is 0. The largest absolute Gasteiger partial charge is 0.448 e. The van der Waals surface area contributed by atoms with Crippen molar-refractivity contribution < 1.29 is 28.0 Å². The first-order chi connectivity index (χ1) is 21.3. The molecule has 44 heavy (non-hydrogen) atoms. The van der Waals surface area contributed by atoms with Gasteiger partial charge in [0, 0.05) is 29.7 Å². The van der Waals surface area contributed by atoms with E-state index >= 15 is 0 Å². The van der Waals surface area contributed by atoms with E-state index in [4.69, 9.17) is 18.1 Å². The van der Waals surface area contributed by atoms with Crippen molar-refractivity contribution >= 4 is 45.4 Å². The molecule has 3 unspecified atom stereocenters. The van der Waals surface area contributed by atoms with E-state index in [1.54, 1.807) is 14.0 Å². The zero-order valence-corrected chi connectivity index (χ0v) is 28.1. The fourth-order valence-corrected chi connectivity index (χ4v) is 6.58. The van der Waals surface area contributed by atoms with Crippen LogP contribution in [0.1, 0.15) is 69.5 Å². The van der Waals surface area contributed by atoms with E-state index in [1.165, 1.54) is 0 Å². The van der Waals surface area contributed by atoms with Crippen LogP contribution in [0.15, 0.2) is 84.1 Å². The molecule has 6 nitrogen and oxygen atoms in total. The third-order valence-electron chi connectivity index (χ3n) is 7.89. The molecule has 1 aliphatic carbocycles. The van der Waals surface area contributed by atoms with Crippen molar-refractivity contribution in [2.24, 2.45) is 11.8 Å². The van der Waals surface area contributed by atoms with Crippen LogP contribution in [0.2, 0.25) is 0 Å². The number of benzene rings is 4. The minimum atomic E-state index is -0.836. The lowest BCUT2D eigenvalue weighted by Gasteiger charge is -2.24. The minimum Gasteiger partial charge on any atom is -0.448 e. The number of carbonyl (C=O) groups excluding carboxylic acids is 1. The summed E-state index contributed by atoms with van der Waals surface area (Å²) in [5, 5.41) is 14.8. The van der Waals surface area contributed by atoms with Crippen LogP contribution < -0.4 is 9.05 Å². The molecule has 4 aromatic rings. The molecule has 0 heterocycles. The maximum Gasteiger partial charge on any atom is 0.275 e. The fraction of sp³-hybridized carbons (Fsp3) is 0.306. The van der Waals surface area contributed by atoms with Crippen LogP contribution in [-0.2, 0) is 9.05 Å². The smallest absolute Gasteiger partial charge is 0.275 e. The number of fused-ring (bicyclic) bond motifs is 2. The fourth-order valence-electron chi connectivity index (χ4n) is 5.61. The Morgan fingerprint density at radius 2 is 1.50 bits per heavy atom. The van der Waals surface area contributed by atoms with Gasteiger partial charge in [0.05, 0.1) is 11.7 Å². The molecule has 3 atom stereocenters. The summed E-state index contributed by atoms with van der Waals surface area (Å²) in [6.45, 7) is 9.92. The molecule has 4 aromatic carbocycles. The highest BCUT2D eigenvalue weighted by atomic mass is 31.1. The monoisotopic (exact) mass is 630 g/mol. The first-order valence-electron chi connectivity index (χ1n) is 15.0. The van der Waals surface area contributed by atoms with Gasteiger partial charge >= 0.3 is 0 Å². The quantitative estimate of drug-likeness (QED) is 0.0686. The van der Waals surface area contributed by atoms with Gasteiger partial charge in [-0.3, -0.25) is 4.79 Å². The van der Waals surface area contributed by atoms with Crippen LogP contribution in [-0.4, -0.2) is 18.0 Å². The van der Waals surface area contributed by atoms with Crippen molar-refractivity contribution in [3.63, 3.8) is 0 Å². The molecule has 0 spiro atoms. The zero-order chi connectivity index (χ0) is 31.4. The Morgan fingerprint density at radius 1 is 0.909 bits per heavy atom. The molecule has 0 aliphatic heterocycles. The van der Waals surface area contributed by atoms with Gasteiger partial charge in [-0.1, -0.05) is 74.5 Å². The van der Waals surface area contributed by atoms with Crippen LogP contribution in [0.3, 0.4) is 0 Å². The number of hydrogen-bond acceptors (Lipinski definition) is 6. The molecule has 5 rings (SSSR count). The molecule has 1 N–H and O–H groups in total. The van der Waals surface area contributed by atoms with Gasteiger partial charge in [0.25, 0.3) is 9.03 Å². The van der Waals surface area contributed by atoms with Crippen molar-refractivity contribution in [3.05, 3.63) is 95.3 Å². The highest BCUT2D eigenvalue weighted by Gasteiger charge is 2.35. The summed E-state index contributed by atoms with van der Waals surface area (Å²) in [6, 6.07) is 19.9. The average molecular weight is 631 g/mol. The van der Waals surface area contributed by atoms with Crippen LogP contribution in [0.4, 0.5) is 0 Å². The summed E-state index contributed by atoms with van der Waals surface area (Å²) in [5.74, 6) is 2.08. The lowest BCUT2D eigenvalue weighted by molar-refractivity contribution is 0.0966. The molecule has 1 aliphatic rings. The first kappa shape index (κ1) is 32.1. The predicted molar refractivity (Wildman–Crippen MR) is 183 cm³/mol. The van der Waals surface area contributed by atoms with Gasteiger partial charge in [-0.05, 0) is 78.8 Å².